The average molecular weight is 391 g/mol. The molecular formula is C17H15BrN2O4. The lowest BCUT2D eigenvalue weighted by molar-refractivity contribution is -0.144. The number of ether oxygens (including phenoxy) is 1. The van der Waals surface area contributed by atoms with Gasteiger partial charge in [-0.05, 0) is 64.8 Å². The van der Waals surface area contributed by atoms with Gasteiger partial charge in [-0.25, -0.2) is 10.2 Å². The second-order valence-corrected chi connectivity index (χ2v) is 5.70. The highest BCUT2D eigenvalue weighted by atomic mass is 79.9. The molecule has 0 saturated carbocycles. The SMILES string of the molecule is C[C@@H](Oc1ccc(/C=N\NC(=O)c2ccccc2Br)cc1)C(=O)O. The number of amides is 1. The van der Waals surface area contributed by atoms with Gasteiger partial charge in [0, 0.05) is 4.47 Å². The van der Waals surface area contributed by atoms with Crippen molar-refractivity contribution in [1.82, 2.24) is 5.43 Å². The molecule has 24 heavy (non-hydrogen) atoms. The number of hydrazone groups is 1. The zero-order valence-corrected chi connectivity index (χ0v) is 14.4. The van der Waals surface area contributed by atoms with Crippen molar-refractivity contribution in [3.8, 4) is 5.75 Å². The van der Waals surface area contributed by atoms with E-state index in [1.165, 1.54) is 13.1 Å². The maximum Gasteiger partial charge on any atom is 0.344 e. The van der Waals surface area contributed by atoms with Gasteiger partial charge in [-0.3, -0.25) is 4.79 Å². The van der Waals surface area contributed by atoms with Gasteiger partial charge >= 0.3 is 5.97 Å². The van der Waals surface area contributed by atoms with E-state index in [0.29, 0.717) is 15.8 Å². The number of nitrogens with zero attached hydrogens (tertiary/aromatic N) is 1. The summed E-state index contributed by atoms with van der Waals surface area (Å²) >= 11 is 3.30. The molecule has 2 aromatic rings. The number of aliphatic carboxylic acids is 1. The molecule has 1 amide bonds. The van der Waals surface area contributed by atoms with Gasteiger partial charge in [-0.15, -0.1) is 0 Å². The molecule has 0 aliphatic heterocycles. The van der Waals surface area contributed by atoms with E-state index in [0.717, 1.165) is 5.56 Å². The average Bonchev–Trinajstić information content (AvgIpc) is 2.56. The molecular weight excluding hydrogens is 376 g/mol. The van der Waals surface area contributed by atoms with Crippen LogP contribution in [0.5, 0.6) is 5.75 Å². The molecule has 1 atom stereocenters. The number of rotatable bonds is 6. The van der Waals surface area contributed by atoms with Crippen molar-refractivity contribution in [2.24, 2.45) is 5.10 Å². The molecule has 0 spiro atoms. The van der Waals surface area contributed by atoms with E-state index in [9.17, 15) is 9.59 Å². The third kappa shape index (κ3) is 4.92. The van der Waals surface area contributed by atoms with Crippen molar-refractivity contribution < 1.29 is 19.4 Å². The third-order valence-electron chi connectivity index (χ3n) is 3.04. The fraction of sp³-hybridized carbons (Fsp3) is 0.118. The van der Waals surface area contributed by atoms with E-state index in [1.807, 2.05) is 6.07 Å². The van der Waals surface area contributed by atoms with Crippen LogP contribution in [0.15, 0.2) is 58.1 Å². The van der Waals surface area contributed by atoms with E-state index in [1.54, 1.807) is 42.5 Å². The van der Waals surface area contributed by atoms with Crippen molar-refractivity contribution in [3.63, 3.8) is 0 Å². The fourth-order valence-electron chi connectivity index (χ4n) is 1.76. The van der Waals surface area contributed by atoms with Crippen molar-refractivity contribution in [2.75, 3.05) is 0 Å². The van der Waals surface area contributed by atoms with Crippen LogP contribution in [0.2, 0.25) is 0 Å². The number of hydrogen-bond donors (Lipinski definition) is 2. The first-order valence-electron chi connectivity index (χ1n) is 7.05. The largest absolute Gasteiger partial charge is 0.479 e. The zero-order chi connectivity index (χ0) is 17.5. The molecule has 7 heteroatoms. The first-order chi connectivity index (χ1) is 11.5. The predicted molar refractivity (Wildman–Crippen MR) is 93.4 cm³/mol. The van der Waals surface area contributed by atoms with E-state index in [2.05, 4.69) is 26.5 Å². The number of carbonyl (C=O) groups excluding carboxylic acids is 1. The molecule has 0 aliphatic rings. The van der Waals surface area contributed by atoms with Crippen LogP contribution in [0.3, 0.4) is 0 Å². The molecule has 0 fully saturated rings. The number of carbonyl (C=O) groups is 2. The third-order valence-corrected chi connectivity index (χ3v) is 3.73. The Morgan fingerprint density at radius 1 is 1.21 bits per heavy atom. The topological polar surface area (TPSA) is 88.0 Å². The lowest BCUT2D eigenvalue weighted by Gasteiger charge is -2.09. The van der Waals surface area contributed by atoms with E-state index >= 15 is 0 Å². The van der Waals surface area contributed by atoms with Gasteiger partial charge in [0.15, 0.2) is 6.10 Å². The number of carboxylic acids is 1. The van der Waals surface area contributed by atoms with Gasteiger partial charge in [0.25, 0.3) is 5.91 Å². The number of benzene rings is 2. The minimum Gasteiger partial charge on any atom is -0.479 e. The molecule has 2 rings (SSSR count). The lowest BCUT2D eigenvalue weighted by Crippen LogP contribution is -2.22. The van der Waals surface area contributed by atoms with E-state index in [4.69, 9.17) is 9.84 Å². The first kappa shape index (κ1) is 17.7. The number of hydrogen-bond acceptors (Lipinski definition) is 4. The standard InChI is InChI=1S/C17H15BrN2O4/c1-11(17(22)23)24-13-8-6-12(7-9-13)10-19-20-16(21)14-4-2-3-5-15(14)18/h2-11H,1H3,(H,20,21)(H,22,23)/b19-10-/t11-/m1/s1. The van der Waals surface area contributed by atoms with Crippen molar-refractivity contribution in [1.29, 1.82) is 0 Å². The van der Waals surface area contributed by atoms with Gasteiger partial charge in [-0.2, -0.15) is 5.10 Å². The highest BCUT2D eigenvalue weighted by Crippen LogP contribution is 2.15. The Morgan fingerprint density at radius 3 is 2.50 bits per heavy atom. The molecule has 0 heterocycles. The second-order valence-electron chi connectivity index (χ2n) is 4.85. The summed E-state index contributed by atoms with van der Waals surface area (Å²) < 4.78 is 5.91. The van der Waals surface area contributed by atoms with Crippen LogP contribution in [0.1, 0.15) is 22.8 Å². The summed E-state index contributed by atoms with van der Waals surface area (Å²) in [7, 11) is 0. The highest BCUT2D eigenvalue weighted by Gasteiger charge is 2.12. The molecule has 0 aromatic heterocycles. The lowest BCUT2D eigenvalue weighted by atomic mass is 10.2. The Hall–Kier alpha value is -2.67. The summed E-state index contributed by atoms with van der Waals surface area (Å²) in [5.74, 6) is -0.913. The molecule has 0 aliphatic carbocycles. The van der Waals surface area contributed by atoms with Crippen molar-refractivity contribution >= 4 is 34.0 Å². The predicted octanol–water partition coefficient (Wildman–Crippen LogP) is 3.06. The zero-order valence-electron chi connectivity index (χ0n) is 12.8. The van der Waals surface area contributed by atoms with Crippen LogP contribution < -0.4 is 10.2 Å². The normalized spacial score (nSPS) is 11.9. The Balaban J connectivity index is 1.94. The van der Waals surface area contributed by atoms with Crippen LogP contribution in [-0.2, 0) is 4.79 Å². The molecule has 2 aromatic carbocycles. The Labute approximate surface area is 147 Å². The molecule has 6 nitrogen and oxygen atoms in total. The maximum atomic E-state index is 12.0. The van der Waals surface area contributed by atoms with Crippen LogP contribution in [-0.4, -0.2) is 29.3 Å². The Bertz CT molecular complexity index is 759. The monoisotopic (exact) mass is 390 g/mol. The molecule has 2 N–H and O–H groups in total. The van der Waals surface area contributed by atoms with Gasteiger partial charge in [-0.1, -0.05) is 12.1 Å². The number of nitrogens with one attached hydrogen (secondary N) is 1. The van der Waals surface area contributed by atoms with Gasteiger partial charge in [0.2, 0.25) is 0 Å². The maximum absolute atomic E-state index is 12.0. The summed E-state index contributed by atoms with van der Waals surface area (Å²) in [6.45, 7) is 1.45. The number of halogens is 1. The summed E-state index contributed by atoms with van der Waals surface area (Å²) in [5.41, 5.74) is 3.66. The smallest absolute Gasteiger partial charge is 0.344 e. The van der Waals surface area contributed by atoms with Gasteiger partial charge in [0.05, 0.1) is 11.8 Å². The van der Waals surface area contributed by atoms with E-state index in [-0.39, 0.29) is 5.91 Å². The van der Waals surface area contributed by atoms with Gasteiger partial charge in [0.1, 0.15) is 5.75 Å². The fourth-order valence-corrected chi connectivity index (χ4v) is 2.22. The molecule has 0 saturated heterocycles. The van der Waals surface area contributed by atoms with Crippen LogP contribution in [0.4, 0.5) is 0 Å². The first-order valence-corrected chi connectivity index (χ1v) is 7.84. The molecule has 124 valence electrons. The summed E-state index contributed by atoms with van der Waals surface area (Å²) in [6.07, 6.45) is 0.562. The minimum atomic E-state index is -1.03. The summed E-state index contributed by atoms with van der Waals surface area (Å²) in [5, 5.41) is 12.7. The molecule has 0 radical (unpaired) electrons. The summed E-state index contributed by atoms with van der Waals surface area (Å²) in [4.78, 5) is 22.7. The van der Waals surface area contributed by atoms with Crippen LogP contribution in [0.25, 0.3) is 0 Å². The van der Waals surface area contributed by atoms with Crippen molar-refractivity contribution in [3.05, 3.63) is 64.1 Å². The highest BCUT2D eigenvalue weighted by molar-refractivity contribution is 9.10. The second kappa shape index (κ2) is 8.26. The van der Waals surface area contributed by atoms with Crippen LogP contribution >= 0.6 is 15.9 Å². The summed E-state index contributed by atoms with van der Waals surface area (Å²) in [6, 6.07) is 13.7. The van der Waals surface area contributed by atoms with Gasteiger partial charge < -0.3 is 9.84 Å². The Kier molecular flexibility index (Phi) is 6.08. The minimum absolute atomic E-state index is 0.325. The van der Waals surface area contributed by atoms with Crippen LogP contribution in [0, 0.1) is 0 Å². The molecule has 0 unspecified atom stereocenters. The Morgan fingerprint density at radius 2 is 1.88 bits per heavy atom. The van der Waals surface area contributed by atoms with Crippen molar-refractivity contribution in [2.45, 2.75) is 13.0 Å². The van der Waals surface area contributed by atoms with E-state index < -0.39 is 12.1 Å². The number of carboxylic acid groups (broad SMARTS) is 1. The molecule has 0 bridgehead atoms. The quantitative estimate of drug-likeness (QED) is 0.585.